The predicted molar refractivity (Wildman–Crippen MR) is 329 cm³/mol. The number of allylic oxidation sites excluding steroid dienone is 2. The first-order valence-electron chi connectivity index (χ1n) is 26.8. The summed E-state index contributed by atoms with van der Waals surface area (Å²) in [5.74, 6) is 0. The largest absolute Gasteiger partial charge is 0.349 e. The summed E-state index contributed by atoms with van der Waals surface area (Å²) >= 11 is 0. The van der Waals surface area contributed by atoms with E-state index < -0.39 is 0 Å². The highest BCUT2D eigenvalue weighted by atomic mass is 15.1. The molecule has 0 saturated heterocycles. The first-order valence-corrected chi connectivity index (χ1v) is 26.8. The zero-order chi connectivity index (χ0) is 52.5. The van der Waals surface area contributed by atoms with Gasteiger partial charge in [0, 0.05) is 57.4 Å². The van der Waals surface area contributed by atoms with Gasteiger partial charge in [0.05, 0.1) is 11.0 Å². The molecule has 0 saturated carbocycles. The quantitative estimate of drug-likeness (QED) is 0.135. The van der Waals surface area contributed by atoms with Gasteiger partial charge in [0.25, 0.3) is 0 Å². The summed E-state index contributed by atoms with van der Waals surface area (Å²) in [6.07, 6.45) is 2.10. The Labute approximate surface area is 453 Å². The van der Waals surface area contributed by atoms with E-state index in [1.54, 1.807) is 0 Å². The van der Waals surface area contributed by atoms with Crippen LogP contribution in [-0.2, 0) is 5.41 Å². The van der Waals surface area contributed by atoms with Crippen molar-refractivity contribution in [2.45, 2.75) is 33.1 Å². The van der Waals surface area contributed by atoms with Crippen molar-refractivity contribution >= 4 is 44.6 Å². The van der Waals surface area contributed by atoms with Gasteiger partial charge < -0.3 is 14.4 Å². The smallest absolute Gasteiger partial charge is 0.0541 e. The molecule has 0 amide bonds. The van der Waals surface area contributed by atoms with Crippen LogP contribution in [0.25, 0.3) is 83.1 Å². The molecule has 1 aliphatic carbocycles. The number of hydrogen-bond donors (Lipinski definition) is 0. The lowest BCUT2D eigenvalue weighted by Gasteiger charge is -2.26. The molecule has 1 aromatic heterocycles. The molecule has 0 atom stereocenters. The highest BCUT2D eigenvalue weighted by Gasteiger charge is 2.35. The highest BCUT2D eigenvalue weighted by Crippen LogP contribution is 2.50. The van der Waals surface area contributed by atoms with Crippen LogP contribution in [-0.4, -0.2) is 11.6 Å². The molecule has 0 radical (unpaired) electrons. The van der Waals surface area contributed by atoms with Crippen molar-refractivity contribution in [2.24, 2.45) is 0 Å². The number of para-hydroxylation sites is 4. The Balaban J connectivity index is 0.000000441. The van der Waals surface area contributed by atoms with Gasteiger partial charge in [-0.25, -0.2) is 0 Å². The summed E-state index contributed by atoms with van der Waals surface area (Å²) in [5, 5.41) is 2.53. The van der Waals surface area contributed by atoms with E-state index in [0.717, 1.165) is 17.1 Å². The van der Waals surface area contributed by atoms with Crippen LogP contribution in [0.2, 0.25) is 0 Å². The van der Waals surface area contributed by atoms with E-state index in [0.29, 0.717) is 0 Å². The second-order valence-electron chi connectivity index (χ2n) is 20.6. The Kier molecular flexibility index (Phi) is 13.0. The van der Waals surface area contributed by atoms with Gasteiger partial charge in [0.15, 0.2) is 0 Å². The van der Waals surface area contributed by atoms with Crippen LogP contribution in [0.15, 0.2) is 285 Å². The number of hydrogen-bond acceptors (Lipinski definition) is 2. The predicted octanol–water partition coefficient (Wildman–Crippen LogP) is 20.3. The number of fused-ring (bicyclic) bond motifs is 6. The van der Waals surface area contributed by atoms with Crippen molar-refractivity contribution in [3.8, 4) is 61.3 Å². The van der Waals surface area contributed by atoms with Crippen LogP contribution in [0.1, 0.15) is 38.8 Å². The van der Waals surface area contributed by atoms with Crippen molar-refractivity contribution in [2.75, 3.05) is 16.8 Å². The van der Waals surface area contributed by atoms with Crippen LogP contribution in [0.3, 0.4) is 0 Å². The standard InChI is InChI=1S/C63H46N2.C11H15N/c1-63(2)59-19-11-9-17-55(59)56-39-33-50(42-60(56)63)48-31-37-54(38-32-48)64(51-13-5-3-6-14-51)53-35-29-46(30-36-53)45-23-21-43(22-24-45)44-25-27-47(28-26-44)49-34-40-62-58(41-49)57-18-10-12-20-61(57)65(62)52-15-7-4-8-16-52;1-4-10(2)12(3)11-8-6-5-7-9-11/h3-42H,1-2H3;4-9H,1-3H3/b;10-4+. The van der Waals surface area contributed by atoms with E-state index in [1.165, 1.54) is 106 Å². The van der Waals surface area contributed by atoms with Gasteiger partial charge in [-0.05, 0) is 166 Å². The molecule has 372 valence electrons. The summed E-state index contributed by atoms with van der Waals surface area (Å²) in [5.41, 5.74) is 24.6. The zero-order valence-electron chi connectivity index (χ0n) is 44.4. The van der Waals surface area contributed by atoms with Crippen LogP contribution in [0, 0.1) is 0 Å². The molecule has 3 heteroatoms. The van der Waals surface area contributed by atoms with E-state index in [9.17, 15) is 0 Å². The molecule has 3 nitrogen and oxygen atoms in total. The molecule has 11 aromatic carbocycles. The molecule has 0 spiro atoms. The maximum Gasteiger partial charge on any atom is 0.0541 e. The van der Waals surface area contributed by atoms with Crippen molar-refractivity contribution in [3.05, 3.63) is 296 Å². The lowest BCUT2D eigenvalue weighted by molar-refractivity contribution is 0.660. The first kappa shape index (κ1) is 48.5. The molecule has 12 aromatic rings. The van der Waals surface area contributed by atoms with E-state index in [1.807, 2.05) is 6.07 Å². The monoisotopic (exact) mass is 991 g/mol. The van der Waals surface area contributed by atoms with Gasteiger partial charge in [-0.15, -0.1) is 0 Å². The molecular weight excluding hydrogens is 931 g/mol. The van der Waals surface area contributed by atoms with E-state index >= 15 is 0 Å². The van der Waals surface area contributed by atoms with E-state index in [2.05, 4.69) is 322 Å². The number of benzene rings is 11. The summed E-state index contributed by atoms with van der Waals surface area (Å²) < 4.78 is 2.37. The van der Waals surface area contributed by atoms with Gasteiger partial charge in [-0.3, -0.25) is 0 Å². The van der Waals surface area contributed by atoms with Crippen molar-refractivity contribution in [1.29, 1.82) is 0 Å². The zero-order valence-corrected chi connectivity index (χ0v) is 44.4. The van der Waals surface area contributed by atoms with Gasteiger partial charge in [-0.2, -0.15) is 0 Å². The minimum atomic E-state index is -0.0291. The Morgan fingerprint density at radius 3 is 1.34 bits per heavy atom. The fourth-order valence-electron chi connectivity index (χ4n) is 11.3. The Morgan fingerprint density at radius 1 is 0.364 bits per heavy atom. The average molecular weight is 992 g/mol. The molecular formula is C74H61N3. The topological polar surface area (TPSA) is 11.4 Å². The van der Waals surface area contributed by atoms with Gasteiger partial charge >= 0.3 is 0 Å². The molecule has 1 aliphatic rings. The number of aromatic nitrogens is 1. The number of rotatable bonds is 10. The lowest BCUT2D eigenvalue weighted by Crippen LogP contribution is -2.14. The van der Waals surface area contributed by atoms with Crippen LogP contribution in [0.5, 0.6) is 0 Å². The van der Waals surface area contributed by atoms with Crippen molar-refractivity contribution < 1.29 is 0 Å². The minimum Gasteiger partial charge on any atom is -0.349 e. The number of nitrogens with zero attached hydrogens (tertiary/aromatic N) is 3. The van der Waals surface area contributed by atoms with Gasteiger partial charge in [0.1, 0.15) is 0 Å². The molecule has 0 aliphatic heterocycles. The van der Waals surface area contributed by atoms with Crippen LogP contribution in [0.4, 0.5) is 22.7 Å². The summed E-state index contributed by atoms with van der Waals surface area (Å²) in [6.45, 7) is 8.84. The fourth-order valence-corrected chi connectivity index (χ4v) is 11.3. The molecule has 1 heterocycles. The van der Waals surface area contributed by atoms with Gasteiger partial charge in [0.2, 0.25) is 0 Å². The average Bonchev–Trinajstić information content (AvgIpc) is 4.09. The van der Waals surface area contributed by atoms with Crippen molar-refractivity contribution in [1.82, 2.24) is 4.57 Å². The van der Waals surface area contributed by atoms with Crippen LogP contribution < -0.4 is 9.80 Å². The second-order valence-corrected chi connectivity index (χ2v) is 20.6. The maximum atomic E-state index is 2.40. The molecule has 0 N–H and O–H groups in total. The summed E-state index contributed by atoms with van der Waals surface area (Å²) in [4.78, 5) is 4.50. The molecule has 77 heavy (non-hydrogen) atoms. The maximum absolute atomic E-state index is 2.40. The molecule has 0 unspecified atom stereocenters. The Morgan fingerprint density at radius 2 is 0.766 bits per heavy atom. The highest BCUT2D eigenvalue weighted by molar-refractivity contribution is 6.10. The Hall–Kier alpha value is -9.44. The normalized spacial score (nSPS) is 12.4. The molecule has 0 bridgehead atoms. The summed E-state index contributed by atoms with van der Waals surface area (Å²) in [7, 11) is 2.07. The van der Waals surface area contributed by atoms with Gasteiger partial charge in [-0.1, -0.05) is 208 Å². The van der Waals surface area contributed by atoms with Crippen LogP contribution >= 0.6 is 0 Å². The van der Waals surface area contributed by atoms with E-state index in [-0.39, 0.29) is 5.41 Å². The number of anilines is 4. The van der Waals surface area contributed by atoms with Crippen molar-refractivity contribution in [3.63, 3.8) is 0 Å². The first-order chi connectivity index (χ1) is 37.7. The molecule has 13 rings (SSSR count). The lowest BCUT2D eigenvalue weighted by atomic mass is 9.81. The minimum absolute atomic E-state index is 0.0291. The SMILES string of the molecule is C/C=C(\C)N(C)c1ccccc1.CC1(C)c2ccccc2-c2ccc(-c3ccc(N(c4ccccc4)c4ccc(-c5ccc(-c6ccc(-c7ccc8c(c7)c7ccccc7n8-c7ccccc7)cc6)cc5)cc4)cc3)cc21. The third-order valence-corrected chi connectivity index (χ3v) is 15.7. The Bertz CT molecular complexity index is 4040. The third kappa shape index (κ3) is 9.32. The summed E-state index contributed by atoms with van der Waals surface area (Å²) in [6, 6.07) is 98.9. The fraction of sp³-hybridized carbons (Fsp3) is 0.0811. The molecule has 0 fully saturated rings. The third-order valence-electron chi connectivity index (χ3n) is 15.7. The second kappa shape index (κ2) is 20.7. The van der Waals surface area contributed by atoms with E-state index in [4.69, 9.17) is 0 Å².